The van der Waals surface area contributed by atoms with Crippen molar-refractivity contribution in [3.8, 4) is 17.1 Å². The van der Waals surface area contributed by atoms with Gasteiger partial charge in [0.2, 0.25) is 5.91 Å². The fourth-order valence-corrected chi connectivity index (χ4v) is 4.25. The average molecular weight is 410 g/mol. The largest absolute Gasteiger partial charge is 0.337 e. The summed E-state index contributed by atoms with van der Waals surface area (Å²) < 4.78 is 2.01. The maximum Gasteiger partial charge on any atom is 0.233 e. The van der Waals surface area contributed by atoms with Gasteiger partial charge < -0.3 is 4.90 Å². The number of carbonyl (C=O) groups is 1. The van der Waals surface area contributed by atoms with E-state index in [1.165, 1.54) is 11.8 Å². The number of hydrogen-bond donors (Lipinski definition) is 0. The lowest BCUT2D eigenvalue weighted by Crippen LogP contribution is -2.43. The maximum atomic E-state index is 12.8. The summed E-state index contributed by atoms with van der Waals surface area (Å²) in [5.74, 6) is 1.15. The Kier molecular flexibility index (Phi) is 6.69. The van der Waals surface area contributed by atoms with Gasteiger partial charge in [0, 0.05) is 35.7 Å². The summed E-state index contributed by atoms with van der Waals surface area (Å²) in [6, 6.07) is 12.3. The van der Waals surface area contributed by atoms with Gasteiger partial charge in [-0.3, -0.25) is 14.3 Å². The molecular formula is C22H27N5OS. The number of aromatic nitrogens is 4. The zero-order valence-corrected chi connectivity index (χ0v) is 18.3. The van der Waals surface area contributed by atoms with E-state index in [-0.39, 0.29) is 18.0 Å². The molecule has 6 nitrogen and oxygen atoms in total. The monoisotopic (exact) mass is 409 g/mol. The van der Waals surface area contributed by atoms with Crippen LogP contribution in [0.4, 0.5) is 0 Å². The molecule has 1 amide bonds. The Balaban J connectivity index is 1.95. The summed E-state index contributed by atoms with van der Waals surface area (Å²) in [7, 11) is 0. The molecule has 0 N–H and O–H groups in total. The molecule has 2 heterocycles. The van der Waals surface area contributed by atoms with E-state index in [1.54, 1.807) is 12.4 Å². The van der Waals surface area contributed by atoms with Crippen molar-refractivity contribution in [3.05, 3.63) is 54.4 Å². The summed E-state index contributed by atoms with van der Waals surface area (Å²) in [5, 5.41) is 9.53. The third kappa shape index (κ3) is 4.85. The summed E-state index contributed by atoms with van der Waals surface area (Å²) in [6.07, 6.45) is 3.48. The molecular weight excluding hydrogens is 382 g/mol. The molecule has 3 aromatic rings. The lowest BCUT2D eigenvalue weighted by molar-refractivity contribution is -0.131. The number of carbonyl (C=O) groups excluding carboxylic acids is 1. The first-order chi connectivity index (χ1) is 13.9. The summed E-state index contributed by atoms with van der Waals surface area (Å²) in [5.41, 5.74) is 3.05. The zero-order chi connectivity index (χ0) is 21.0. The molecule has 2 aromatic heterocycles. The topological polar surface area (TPSA) is 63.9 Å². The second-order valence-corrected chi connectivity index (χ2v) is 8.44. The minimum absolute atomic E-state index is 0.101. The Hall–Kier alpha value is -2.67. The first-order valence-electron chi connectivity index (χ1n) is 9.75. The van der Waals surface area contributed by atoms with Gasteiger partial charge in [-0.1, -0.05) is 23.9 Å². The number of pyridine rings is 1. The molecule has 0 radical (unpaired) electrons. The van der Waals surface area contributed by atoms with E-state index in [9.17, 15) is 4.79 Å². The van der Waals surface area contributed by atoms with Crippen LogP contribution in [0.25, 0.3) is 17.1 Å². The van der Waals surface area contributed by atoms with Gasteiger partial charge in [-0.15, -0.1) is 10.2 Å². The third-order valence-electron chi connectivity index (χ3n) is 4.56. The van der Waals surface area contributed by atoms with Gasteiger partial charge in [-0.25, -0.2) is 0 Å². The molecule has 1 aromatic carbocycles. The van der Waals surface area contributed by atoms with Gasteiger partial charge in [0.15, 0.2) is 11.0 Å². The highest BCUT2D eigenvalue weighted by Gasteiger charge is 2.22. The van der Waals surface area contributed by atoms with Gasteiger partial charge in [-0.05, 0) is 64.4 Å². The molecule has 0 aliphatic carbocycles. The molecule has 7 heteroatoms. The number of amides is 1. The van der Waals surface area contributed by atoms with Crippen LogP contribution in [0.5, 0.6) is 0 Å². The van der Waals surface area contributed by atoms with Gasteiger partial charge in [-0.2, -0.15) is 0 Å². The lowest BCUT2D eigenvalue weighted by atomic mass is 10.2. The Morgan fingerprint density at radius 3 is 2.38 bits per heavy atom. The Labute approximate surface area is 176 Å². The van der Waals surface area contributed by atoms with Crippen LogP contribution in [0.15, 0.2) is 53.9 Å². The Morgan fingerprint density at radius 2 is 1.76 bits per heavy atom. The van der Waals surface area contributed by atoms with Crippen molar-refractivity contribution in [2.75, 3.05) is 5.75 Å². The van der Waals surface area contributed by atoms with Gasteiger partial charge in [0.1, 0.15) is 0 Å². The van der Waals surface area contributed by atoms with Crippen molar-refractivity contribution in [2.24, 2.45) is 0 Å². The predicted molar refractivity (Wildman–Crippen MR) is 117 cm³/mol. The molecule has 0 unspecified atom stereocenters. The lowest BCUT2D eigenvalue weighted by Gasteiger charge is -2.30. The van der Waals surface area contributed by atoms with Crippen molar-refractivity contribution >= 4 is 17.7 Å². The van der Waals surface area contributed by atoms with Crippen molar-refractivity contribution in [2.45, 2.75) is 51.9 Å². The fourth-order valence-electron chi connectivity index (χ4n) is 3.42. The van der Waals surface area contributed by atoms with Gasteiger partial charge in [0.05, 0.1) is 5.75 Å². The van der Waals surface area contributed by atoms with E-state index in [0.717, 1.165) is 22.6 Å². The van der Waals surface area contributed by atoms with E-state index in [4.69, 9.17) is 0 Å². The first kappa shape index (κ1) is 21.0. The van der Waals surface area contributed by atoms with Gasteiger partial charge in [0.25, 0.3) is 0 Å². The second kappa shape index (κ2) is 9.22. The Bertz CT molecular complexity index is 960. The van der Waals surface area contributed by atoms with Gasteiger partial charge >= 0.3 is 0 Å². The summed E-state index contributed by atoms with van der Waals surface area (Å²) in [4.78, 5) is 18.8. The number of benzene rings is 1. The van der Waals surface area contributed by atoms with Crippen molar-refractivity contribution in [1.29, 1.82) is 0 Å². The molecule has 3 rings (SSSR count). The molecule has 0 saturated carbocycles. The number of rotatable bonds is 7. The highest BCUT2D eigenvalue weighted by Crippen LogP contribution is 2.28. The number of hydrogen-bond acceptors (Lipinski definition) is 5. The zero-order valence-electron chi connectivity index (χ0n) is 17.5. The Morgan fingerprint density at radius 1 is 1.07 bits per heavy atom. The average Bonchev–Trinajstić information content (AvgIpc) is 3.10. The van der Waals surface area contributed by atoms with Crippen LogP contribution in [-0.4, -0.2) is 48.4 Å². The molecule has 0 fully saturated rings. The van der Waals surface area contributed by atoms with E-state index < -0.39 is 0 Å². The van der Waals surface area contributed by atoms with Crippen LogP contribution in [-0.2, 0) is 4.79 Å². The smallest absolute Gasteiger partial charge is 0.233 e. The summed E-state index contributed by atoms with van der Waals surface area (Å²) >= 11 is 1.42. The summed E-state index contributed by atoms with van der Waals surface area (Å²) in [6.45, 7) is 10.2. The third-order valence-corrected chi connectivity index (χ3v) is 5.47. The SMILES string of the molecule is Cc1cccc(-n2c(SCC(=O)N(C(C)C)C(C)C)nnc2-c2ccncc2)c1. The van der Waals surface area contributed by atoms with Crippen LogP contribution in [0.2, 0.25) is 0 Å². The van der Waals surface area contributed by atoms with E-state index in [0.29, 0.717) is 10.9 Å². The van der Waals surface area contributed by atoms with Crippen LogP contribution in [0.1, 0.15) is 33.3 Å². The molecule has 0 aliphatic heterocycles. The number of nitrogens with zero attached hydrogens (tertiary/aromatic N) is 5. The highest BCUT2D eigenvalue weighted by atomic mass is 32.2. The number of aryl methyl sites for hydroxylation is 1. The minimum Gasteiger partial charge on any atom is -0.337 e. The fraction of sp³-hybridized carbons (Fsp3) is 0.364. The van der Waals surface area contributed by atoms with Crippen LogP contribution < -0.4 is 0 Å². The molecule has 0 aliphatic rings. The molecule has 0 bridgehead atoms. The maximum absolute atomic E-state index is 12.8. The van der Waals surface area contributed by atoms with E-state index in [2.05, 4.69) is 34.2 Å². The van der Waals surface area contributed by atoms with Crippen LogP contribution >= 0.6 is 11.8 Å². The van der Waals surface area contributed by atoms with Crippen molar-refractivity contribution in [3.63, 3.8) is 0 Å². The van der Waals surface area contributed by atoms with E-state index in [1.807, 2.05) is 61.4 Å². The van der Waals surface area contributed by atoms with Crippen molar-refractivity contribution < 1.29 is 4.79 Å². The molecule has 0 saturated heterocycles. The van der Waals surface area contributed by atoms with Crippen LogP contribution in [0.3, 0.4) is 0 Å². The van der Waals surface area contributed by atoms with E-state index >= 15 is 0 Å². The first-order valence-corrected chi connectivity index (χ1v) is 10.7. The standard InChI is InChI=1S/C22H27N5OS/c1-15(2)26(16(3)4)20(28)14-29-22-25-24-21(18-9-11-23-12-10-18)27(22)19-8-6-7-17(5)13-19/h6-13,15-16H,14H2,1-5H3. The second-order valence-electron chi connectivity index (χ2n) is 7.49. The quantitative estimate of drug-likeness (QED) is 0.542. The predicted octanol–water partition coefficient (Wildman–Crippen LogP) is 4.38. The molecule has 152 valence electrons. The van der Waals surface area contributed by atoms with Crippen LogP contribution in [0, 0.1) is 6.92 Å². The van der Waals surface area contributed by atoms with Crippen molar-refractivity contribution in [1.82, 2.24) is 24.6 Å². The molecule has 0 spiro atoms. The highest BCUT2D eigenvalue weighted by molar-refractivity contribution is 7.99. The minimum atomic E-state index is 0.101. The molecule has 0 atom stereocenters. The normalized spacial score (nSPS) is 11.3. The number of thioether (sulfide) groups is 1. The molecule has 29 heavy (non-hydrogen) atoms.